The number of amides is 1. The van der Waals surface area contributed by atoms with E-state index in [-0.39, 0.29) is 18.7 Å². The van der Waals surface area contributed by atoms with E-state index < -0.39 is 17.6 Å². The number of hydrogen-bond donors (Lipinski definition) is 1. The molecule has 3 rings (SSSR count). The van der Waals surface area contributed by atoms with Gasteiger partial charge in [-0.25, -0.2) is 13.6 Å². The number of rotatable bonds is 7. The maximum Gasteiger partial charge on any atom is 0.407 e. The van der Waals surface area contributed by atoms with Crippen molar-refractivity contribution in [1.82, 2.24) is 10.3 Å². The van der Waals surface area contributed by atoms with Crippen molar-refractivity contribution < 1.29 is 23.0 Å². The summed E-state index contributed by atoms with van der Waals surface area (Å²) in [5.74, 6) is -2.44. The fourth-order valence-corrected chi connectivity index (χ4v) is 3.39. The molecule has 33 heavy (non-hydrogen) atoms. The minimum absolute atomic E-state index is 0.0761. The molecule has 1 N–H and O–H groups in total. The van der Waals surface area contributed by atoms with Gasteiger partial charge in [-0.2, -0.15) is 0 Å². The molecule has 0 aliphatic rings. The van der Waals surface area contributed by atoms with E-state index in [9.17, 15) is 13.6 Å². The van der Waals surface area contributed by atoms with Crippen molar-refractivity contribution in [2.45, 2.75) is 52.4 Å². The highest BCUT2D eigenvalue weighted by Crippen LogP contribution is 2.30. The van der Waals surface area contributed by atoms with Crippen molar-refractivity contribution in [3.63, 3.8) is 0 Å². The first-order valence-corrected chi connectivity index (χ1v) is 10.6. The maximum absolute atomic E-state index is 13.5. The third kappa shape index (κ3) is 6.28. The Kier molecular flexibility index (Phi) is 7.01. The van der Waals surface area contributed by atoms with Gasteiger partial charge in [0.2, 0.25) is 0 Å². The number of alkyl carbamates (subject to hydrolysis) is 1. The average molecular weight is 455 g/mol. The van der Waals surface area contributed by atoms with Gasteiger partial charge in [0.25, 0.3) is 5.92 Å². The van der Waals surface area contributed by atoms with Crippen molar-refractivity contribution >= 4 is 23.1 Å². The molecule has 0 atom stereocenters. The van der Waals surface area contributed by atoms with Crippen LogP contribution < -0.4 is 10.1 Å². The highest BCUT2D eigenvalue weighted by atomic mass is 19.3. The van der Waals surface area contributed by atoms with Gasteiger partial charge in [0, 0.05) is 36.2 Å². The summed E-state index contributed by atoms with van der Waals surface area (Å²) in [6.07, 6.45) is 2.90. The molecule has 2 aromatic carbocycles. The summed E-state index contributed by atoms with van der Waals surface area (Å²) in [7, 11) is 0. The third-order valence-electron chi connectivity index (χ3n) is 4.88. The Bertz CT molecular complexity index is 1150. The molecule has 0 bridgehead atoms. The van der Waals surface area contributed by atoms with Gasteiger partial charge >= 0.3 is 6.09 Å². The first-order chi connectivity index (χ1) is 15.5. The highest BCUT2D eigenvalue weighted by Gasteiger charge is 2.23. The third-order valence-corrected chi connectivity index (χ3v) is 4.88. The SMILES string of the molecule is C=Cc1c(CNC(=O)OC(C)(C)C)cc(COc2ccc(C(C)(F)F)cc2)c2ncccc12. The van der Waals surface area contributed by atoms with Gasteiger partial charge in [-0.1, -0.05) is 18.7 Å². The Morgan fingerprint density at radius 2 is 1.82 bits per heavy atom. The second-order valence-corrected chi connectivity index (χ2v) is 8.77. The number of pyridine rings is 1. The molecule has 1 heterocycles. The quantitative estimate of drug-likeness (QED) is 0.437. The Balaban J connectivity index is 1.86. The van der Waals surface area contributed by atoms with Crippen LogP contribution in [-0.4, -0.2) is 16.7 Å². The van der Waals surface area contributed by atoms with Crippen LogP contribution in [0.3, 0.4) is 0 Å². The van der Waals surface area contributed by atoms with Gasteiger partial charge in [-0.05, 0) is 68.3 Å². The summed E-state index contributed by atoms with van der Waals surface area (Å²) < 4.78 is 38.1. The van der Waals surface area contributed by atoms with Crippen LogP contribution in [-0.2, 0) is 23.8 Å². The van der Waals surface area contributed by atoms with E-state index in [0.29, 0.717) is 5.75 Å². The van der Waals surface area contributed by atoms with E-state index in [1.54, 1.807) is 33.0 Å². The molecule has 0 saturated heterocycles. The molecule has 0 aliphatic heterocycles. The van der Waals surface area contributed by atoms with Gasteiger partial charge in [0.15, 0.2) is 0 Å². The van der Waals surface area contributed by atoms with E-state index in [2.05, 4.69) is 16.9 Å². The molecule has 174 valence electrons. The van der Waals surface area contributed by atoms with Gasteiger partial charge in [0.05, 0.1) is 5.52 Å². The minimum Gasteiger partial charge on any atom is -0.489 e. The van der Waals surface area contributed by atoms with Crippen LogP contribution >= 0.6 is 0 Å². The van der Waals surface area contributed by atoms with Gasteiger partial charge in [0.1, 0.15) is 18.0 Å². The maximum atomic E-state index is 13.5. The van der Waals surface area contributed by atoms with Crippen LogP contribution in [0.4, 0.5) is 13.6 Å². The summed E-state index contributed by atoms with van der Waals surface area (Å²) in [4.78, 5) is 16.6. The normalized spacial score (nSPS) is 11.8. The van der Waals surface area contributed by atoms with Crippen molar-refractivity contribution in [2.75, 3.05) is 0 Å². The predicted molar refractivity (Wildman–Crippen MR) is 125 cm³/mol. The number of carbonyl (C=O) groups is 1. The van der Waals surface area contributed by atoms with Gasteiger partial charge in [-0.15, -0.1) is 0 Å². The Morgan fingerprint density at radius 3 is 2.42 bits per heavy atom. The summed E-state index contributed by atoms with van der Waals surface area (Å²) in [6, 6.07) is 11.4. The monoisotopic (exact) mass is 454 g/mol. The molecule has 0 spiro atoms. The Hall–Kier alpha value is -3.48. The molecule has 0 unspecified atom stereocenters. The summed E-state index contributed by atoms with van der Waals surface area (Å²) in [6.45, 7) is 10.6. The predicted octanol–water partition coefficient (Wildman–Crippen LogP) is 6.59. The molecule has 0 radical (unpaired) electrons. The van der Waals surface area contributed by atoms with E-state index in [1.807, 2.05) is 18.2 Å². The number of aromatic nitrogens is 1. The fourth-order valence-electron chi connectivity index (χ4n) is 3.39. The first-order valence-electron chi connectivity index (χ1n) is 10.6. The zero-order valence-electron chi connectivity index (χ0n) is 19.2. The number of nitrogens with zero attached hydrogens (tertiary/aromatic N) is 1. The van der Waals surface area contributed by atoms with Crippen molar-refractivity contribution in [2.24, 2.45) is 0 Å². The lowest BCUT2D eigenvalue weighted by atomic mass is 9.97. The summed E-state index contributed by atoms with van der Waals surface area (Å²) in [5.41, 5.74) is 2.54. The lowest BCUT2D eigenvalue weighted by Gasteiger charge is -2.20. The zero-order valence-corrected chi connectivity index (χ0v) is 19.2. The number of benzene rings is 2. The topological polar surface area (TPSA) is 60.5 Å². The number of ether oxygens (including phenoxy) is 2. The second kappa shape index (κ2) is 9.57. The standard InChI is InChI=1S/C26H28F2N2O3/c1-6-21-17(15-30-24(31)33-25(2,3)4)14-18(23-22(21)8-7-13-29-23)16-32-20-11-9-19(10-12-20)26(5,27)28/h6-14H,1,15-16H2,2-5H3,(H,30,31). The van der Waals surface area contributed by atoms with E-state index in [4.69, 9.17) is 9.47 Å². The van der Waals surface area contributed by atoms with Crippen LogP contribution in [0.2, 0.25) is 0 Å². The molecule has 5 nitrogen and oxygen atoms in total. The highest BCUT2D eigenvalue weighted by molar-refractivity contribution is 5.91. The number of alkyl halides is 2. The largest absolute Gasteiger partial charge is 0.489 e. The smallest absolute Gasteiger partial charge is 0.407 e. The van der Waals surface area contributed by atoms with Crippen LogP contribution in [0.1, 0.15) is 49.9 Å². The van der Waals surface area contributed by atoms with E-state index in [0.717, 1.165) is 34.5 Å². The molecular weight excluding hydrogens is 426 g/mol. The van der Waals surface area contributed by atoms with E-state index >= 15 is 0 Å². The molecule has 0 saturated carbocycles. The summed E-state index contributed by atoms with van der Waals surface area (Å²) >= 11 is 0. The Morgan fingerprint density at radius 1 is 1.12 bits per heavy atom. The molecule has 1 amide bonds. The zero-order chi connectivity index (χ0) is 24.2. The van der Waals surface area contributed by atoms with E-state index in [1.165, 1.54) is 24.3 Å². The Labute approximate surface area is 192 Å². The lowest BCUT2D eigenvalue weighted by Crippen LogP contribution is -2.32. The lowest BCUT2D eigenvalue weighted by molar-refractivity contribution is 0.0174. The number of fused-ring (bicyclic) bond motifs is 1. The van der Waals surface area contributed by atoms with Crippen LogP contribution in [0.5, 0.6) is 5.75 Å². The number of hydrogen-bond acceptors (Lipinski definition) is 4. The molecular formula is C26H28F2N2O3. The van der Waals surface area contributed by atoms with Crippen molar-refractivity contribution in [1.29, 1.82) is 0 Å². The van der Waals surface area contributed by atoms with Gasteiger partial charge in [-0.3, -0.25) is 4.98 Å². The molecule has 3 aromatic rings. The van der Waals surface area contributed by atoms with Crippen LogP contribution in [0.15, 0.2) is 55.2 Å². The molecule has 1 aromatic heterocycles. The average Bonchev–Trinajstić information content (AvgIpc) is 2.74. The first kappa shape index (κ1) is 24.2. The fraction of sp³-hybridized carbons (Fsp3) is 0.308. The van der Waals surface area contributed by atoms with Gasteiger partial charge < -0.3 is 14.8 Å². The minimum atomic E-state index is -2.91. The molecule has 0 aliphatic carbocycles. The number of nitrogens with one attached hydrogen (secondary N) is 1. The second-order valence-electron chi connectivity index (χ2n) is 8.77. The van der Waals surface area contributed by atoms with Crippen LogP contribution in [0, 0.1) is 0 Å². The molecule has 7 heteroatoms. The number of carbonyl (C=O) groups excluding carboxylic acids is 1. The van der Waals surface area contributed by atoms with Crippen molar-refractivity contribution in [3.05, 3.63) is 77.5 Å². The van der Waals surface area contributed by atoms with Crippen molar-refractivity contribution in [3.8, 4) is 5.75 Å². The number of halogens is 2. The summed E-state index contributed by atoms with van der Waals surface area (Å²) in [5, 5.41) is 3.65. The molecule has 0 fully saturated rings. The van der Waals surface area contributed by atoms with Crippen LogP contribution in [0.25, 0.3) is 17.0 Å².